The van der Waals surface area contributed by atoms with Crippen molar-refractivity contribution in [3.63, 3.8) is 0 Å². The average molecular weight is 401 g/mol. The Labute approximate surface area is 171 Å². The molecular weight excluding hydrogens is 382 g/mol. The summed E-state index contributed by atoms with van der Waals surface area (Å²) in [4.78, 5) is 22.0. The number of aromatic nitrogens is 3. The topological polar surface area (TPSA) is 64.8 Å². The van der Waals surface area contributed by atoms with Crippen molar-refractivity contribution in [3.8, 4) is 28.1 Å². The van der Waals surface area contributed by atoms with Gasteiger partial charge in [0.15, 0.2) is 0 Å². The Morgan fingerprint density at radius 3 is 2.38 bits per heavy atom. The largest absolute Gasteiger partial charge is 0.283 e. The van der Waals surface area contributed by atoms with Crippen molar-refractivity contribution in [2.75, 3.05) is 5.75 Å². The van der Waals surface area contributed by atoms with E-state index >= 15 is 0 Å². The molecule has 1 aromatic carbocycles. The van der Waals surface area contributed by atoms with Crippen molar-refractivity contribution in [1.82, 2.24) is 14.5 Å². The number of hydrogen-bond donors (Lipinski definition) is 0. The molecule has 0 fully saturated rings. The maximum Gasteiger partial charge on any atom is 0.263 e. The molecule has 0 N–H and O–H groups in total. The summed E-state index contributed by atoms with van der Waals surface area (Å²) >= 11 is 0. The van der Waals surface area contributed by atoms with Crippen LogP contribution >= 0.6 is 0 Å². The normalized spacial score (nSPS) is 11.9. The van der Waals surface area contributed by atoms with Crippen molar-refractivity contribution in [2.45, 2.75) is 11.9 Å². The first-order valence-corrected chi connectivity index (χ1v) is 10.6. The van der Waals surface area contributed by atoms with Crippen molar-refractivity contribution < 1.29 is 4.21 Å². The highest BCUT2D eigenvalue weighted by Gasteiger charge is 2.13. The summed E-state index contributed by atoms with van der Waals surface area (Å²) in [5.74, 6) is 0.502. The number of rotatable bonds is 5. The summed E-state index contributed by atoms with van der Waals surface area (Å²) in [5.41, 5.74) is 3.41. The van der Waals surface area contributed by atoms with Gasteiger partial charge in [-0.1, -0.05) is 31.2 Å². The Hall–Kier alpha value is -3.38. The summed E-state index contributed by atoms with van der Waals surface area (Å²) in [6, 6.07) is 20.5. The number of hydrogen-bond acceptors (Lipinski definition) is 4. The second-order valence-electron chi connectivity index (χ2n) is 6.39. The van der Waals surface area contributed by atoms with Gasteiger partial charge < -0.3 is 0 Å². The van der Waals surface area contributed by atoms with Crippen molar-refractivity contribution >= 4 is 10.8 Å². The maximum absolute atomic E-state index is 13.3. The lowest BCUT2D eigenvalue weighted by molar-refractivity contribution is 0.681. The first-order chi connectivity index (χ1) is 14.2. The van der Waals surface area contributed by atoms with Crippen LogP contribution in [-0.2, 0) is 10.8 Å². The number of para-hydroxylation sites is 1. The number of pyridine rings is 3. The van der Waals surface area contributed by atoms with Gasteiger partial charge in [-0.25, -0.2) is 4.98 Å². The molecule has 3 aromatic heterocycles. The zero-order chi connectivity index (χ0) is 20.2. The van der Waals surface area contributed by atoms with Gasteiger partial charge >= 0.3 is 0 Å². The minimum absolute atomic E-state index is 0.151. The molecule has 144 valence electrons. The molecule has 3 heterocycles. The van der Waals surface area contributed by atoms with Crippen molar-refractivity contribution in [3.05, 3.63) is 95.7 Å². The molecule has 6 heteroatoms. The Morgan fingerprint density at radius 1 is 0.931 bits per heavy atom. The second-order valence-corrected chi connectivity index (χ2v) is 8.07. The summed E-state index contributed by atoms with van der Waals surface area (Å²) in [6.45, 7) is 1.85. The molecule has 29 heavy (non-hydrogen) atoms. The highest BCUT2D eigenvalue weighted by atomic mass is 32.2. The van der Waals surface area contributed by atoms with Crippen LogP contribution in [0.2, 0.25) is 0 Å². The molecule has 5 nitrogen and oxygen atoms in total. The Morgan fingerprint density at radius 2 is 1.72 bits per heavy atom. The fraction of sp³-hybridized carbons (Fsp3) is 0.0870. The fourth-order valence-electron chi connectivity index (χ4n) is 3.06. The minimum Gasteiger partial charge on any atom is -0.283 e. The van der Waals surface area contributed by atoms with E-state index in [-0.39, 0.29) is 5.56 Å². The standard InChI is InChI=1S/C23H19N3O2S/c1-2-29(28)22-12-11-17(15-25-22)20-14-18(21-10-6-7-13-24-21)16-26(23(20)27)19-8-4-3-5-9-19/h3-16H,2H2,1H3. The quantitative estimate of drug-likeness (QED) is 0.505. The zero-order valence-corrected chi connectivity index (χ0v) is 16.7. The molecule has 0 aliphatic carbocycles. The Balaban J connectivity index is 1.91. The van der Waals surface area contributed by atoms with Gasteiger partial charge in [0.2, 0.25) is 0 Å². The van der Waals surface area contributed by atoms with Crippen LogP contribution in [0.25, 0.3) is 28.1 Å². The average Bonchev–Trinajstić information content (AvgIpc) is 2.80. The van der Waals surface area contributed by atoms with Crippen LogP contribution < -0.4 is 5.56 Å². The highest BCUT2D eigenvalue weighted by molar-refractivity contribution is 7.84. The SMILES string of the molecule is CCS(=O)c1ccc(-c2cc(-c3ccccn3)cn(-c3ccccc3)c2=O)cn1. The molecule has 0 radical (unpaired) electrons. The molecule has 0 bridgehead atoms. The molecule has 0 amide bonds. The molecule has 0 saturated heterocycles. The minimum atomic E-state index is -1.13. The molecule has 4 aromatic rings. The molecule has 0 aliphatic heterocycles. The zero-order valence-electron chi connectivity index (χ0n) is 15.9. The summed E-state index contributed by atoms with van der Waals surface area (Å²) in [7, 11) is -1.13. The van der Waals surface area contributed by atoms with E-state index in [1.165, 1.54) is 0 Å². The lowest BCUT2D eigenvalue weighted by Crippen LogP contribution is -2.20. The van der Waals surface area contributed by atoms with Crippen LogP contribution in [0.3, 0.4) is 0 Å². The molecule has 1 unspecified atom stereocenters. The first kappa shape index (κ1) is 19.0. The van der Waals surface area contributed by atoms with Crippen LogP contribution in [0.4, 0.5) is 0 Å². The van der Waals surface area contributed by atoms with Gasteiger partial charge in [0.05, 0.1) is 16.5 Å². The summed E-state index contributed by atoms with van der Waals surface area (Å²) < 4.78 is 13.6. The molecule has 0 spiro atoms. The predicted molar refractivity (Wildman–Crippen MR) is 115 cm³/mol. The van der Waals surface area contributed by atoms with Crippen LogP contribution in [0.5, 0.6) is 0 Å². The van der Waals surface area contributed by atoms with E-state index in [0.717, 1.165) is 16.9 Å². The van der Waals surface area contributed by atoms with E-state index in [4.69, 9.17) is 0 Å². The van der Waals surface area contributed by atoms with Gasteiger partial charge in [-0.05, 0) is 42.5 Å². The van der Waals surface area contributed by atoms with E-state index < -0.39 is 10.8 Å². The van der Waals surface area contributed by atoms with E-state index in [0.29, 0.717) is 21.9 Å². The van der Waals surface area contributed by atoms with Crippen LogP contribution in [0, 0.1) is 0 Å². The molecule has 4 rings (SSSR count). The van der Waals surface area contributed by atoms with Gasteiger partial charge in [-0.15, -0.1) is 0 Å². The van der Waals surface area contributed by atoms with E-state index in [1.807, 2.05) is 61.5 Å². The molecule has 0 aliphatic rings. The lowest BCUT2D eigenvalue weighted by atomic mass is 10.1. The smallest absolute Gasteiger partial charge is 0.263 e. The van der Waals surface area contributed by atoms with E-state index in [1.54, 1.807) is 35.3 Å². The maximum atomic E-state index is 13.3. The first-order valence-electron chi connectivity index (χ1n) is 9.25. The van der Waals surface area contributed by atoms with Crippen LogP contribution in [-0.4, -0.2) is 24.5 Å². The van der Waals surface area contributed by atoms with Gasteiger partial charge in [-0.2, -0.15) is 0 Å². The van der Waals surface area contributed by atoms with Crippen LogP contribution in [0.1, 0.15) is 6.92 Å². The van der Waals surface area contributed by atoms with Crippen molar-refractivity contribution in [1.29, 1.82) is 0 Å². The van der Waals surface area contributed by atoms with Gasteiger partial charge in [0.25, 0.3) is 5.56 Å². The van der Waals surface area contributed by atoms with Gasteiger partial charge in [0, 0.05) is 46.7 Å². The Kier molecular flexibility index (Phi) is 5.44. The third kappa shape index (κ3) is 3.93. The monoisotopic (exact) mass is 401 g/mol. The Bertz CT molecular complexity index is 1200. The lowest BCUT2D eigenvalue weighted by Gasteiger charge is -2.12. The molecular formula is C23H19N3O2S. The van der Waals surface area contributed by atoms with E-state index in [2.05, 4.69) is 9.97 Å². The van der Waals surface area contributed by atoms with E-state index in [9.17, 15) is 9.00 Å². The third-order valence-electron chi connectivity index (χ3n) is 4.56. The van der Waals surface area contributed by atoms with Gasteiger partial charge in [0.1, 0.15) is 5.03 Å². The number of nitrogens with zero attached hydrogens (tertiary/aromatic N) is 3. The second kappa shape index (κ2) is 8.32. The van der Waals surface area contributed by atoms with Gasteiger partial charge in [-0.3, -0.25) is 18.6 Å². The summed E-state index contributed by atoms with van der Waals surface area (Å²) in [5, 5.41) is 0.514. The summed E-state index contributed by atoms with van der Waals surface area (Å²) in [6.07, 6.45) is 5.14. The molecule has 1 atom stereocenters. The number of benzene rings is 1. The highest BCUT2D eigenvalue weighted by Crippen LogP contribution is 2.24. The fourth-order valence-corrected chi connectivity index (χ4v) is 3.75. The predicted octanol–water partition coefficient (Wildman–Crippen LogP) is 4.09. The van der Waals surface area contributed by atoms with Crippen molar-refractivity contribution in [2.24, 2.45) is 0 Å². The third-order valence-corrected chi connectivity index (χ3v) is 5.79. The molecule has 0 saturated carbocycles. The van der Waals surface area contributed by atoms with Crippen LogP contribution in [0.15, 0.2) is 95.1 Å².